The number of carbonyl (C=O) groups is 4. The molecule has 0 aromatic carbocycles. The lowest BCUT2D eigenvalue weighted by Gasteiger charge is -2.67. The molecule has 0 aromatic heterocycles. The van der Waals surface area contributed by atoms with Gasteiger partial charge in [0.2, 0.25) is 0 Å². The zero-order valence-corrected chi connectivity index (χ0v) is 30.1. The van der Waals surface area contributed by atoms with Gasteiger partial charge in [-0.25, -0.2) is 0 Å². The van der Waals surface area contributed by atoms with Gasteiger partial charge in [0, 0.05) is 19.6 Å². The van der Waals surface area contributed by atoms with Crippen LogP contribution in [0, 0.1) is 57.2 Å². The first kappa shape index (κ1) is 37.0. The van der Waals surface area contributed by atoms with E-state index in [0.29, 0.717) is 52.4 Å². The number of carboxylic acid groups (broad SMARTS) is 1. The summed E-state index contributed by atoms with van der Waals surface area (Å²) in [6.45, 7) is 13.5. The molecular weight excluding hydrogens is 614 g/mol. The molecule has 10 heteroatoms. The van der Waals surface area contributed by atoms with Gasteiger partial charge in [-0.1, -0.05) is 40.2 Å². The van der Waals surface area contributed by atoms with Crippen LogP contribution in [0.25, 0.3) is 0 Å². The monoisotopic (exact) mass is 673 g/mol. The number of methoxy groups -OCH3 is 1. The summed E-state index contributed by atoms with van der Waals surface area (Å²) in [5.41, 5.74) is 0.425. The van der Waals surface area contributed by atoms with Gasteiger partial charge in [0.05, 0.1) is 44.9 Å². The number of hydrogen-bond acceptors (Lipinski definition) is 8. The fourth-order valence-electron chi connectivity index (χ4n) is 11.4. The Bertz CT molecular complexity index is 1260. The first-order valence-corrected chi connectivity index (χ1v) is 18.2. The third-order valence-electron chi connectivity index (χ3n) is 13.8. The van der Waals surface area contributed by atoms with Crippen molar-refractivity contribution in [3.63, 3.8) is 0 Å². The molecule has 9 atom stereocenters. The van der Waals surface area contributed by atoms with Gasteiger partial charge in [-0.3, -0.25) is 19.2 Å². The van der Waals surface area contributed by atoms with Crippen LogP contribution in [0.15, 0.2) is 11.6 Å². The van der Waals surface area contributed by atoms with Crippen LogP contribution in [0.3, 0.4) is 0 Å². The second-order valence-electron chi connectivity index (χ2n) is 16.8. The molecule has 2 N–H and O–H groups in total. The van der Waals surface area contributed by atoms with Gasteiger partial charge in [0.15, 0.2) is 12.4 Å². The second-order valence-corrected chi connectivity index (χ2v) is 16.8. The minimum absolute atomic E-state index is 0.0590. The number of allylic oxidation sites excluding steroid dienone is 2. The topological polar surface area (TPSA) is 137 Å². The van der Waals surface area contributed by atoms with Gasteiger partial charge in [-0.05, 0) is 103 Å². The molecule has 4 saturated carbocycles. The lowest BCUT2D eigenvalue weighted by molar-refractivity contribution is -0.188. The van der Waals surface area contributed by atoms with Gasteiger partial charge >= 0.3 is 11.9 Å². The summed E-state index contributed by atoms with van der Waals surface area (Å²) >= 11 is 0. The summed E-state index contributed by atoms with van der Waals surface area (Å²) in [6, 6.07) is 0. The van der Waals surface area contributed by atoms with E-state index in [1.54, 1.807) is 7.11 Å². The Balaban J connectivity index is 1.20. The highest BCUT2D eigenvalue weighted by Gasteiger charge is 2.67. The molecule has 5 aliphatic rings. The molecule has 270 valence electrons. The molecule has 10 nitrogen and oxygen atoms in total. The number of ether oxygens (including phenoxy) is 4. The number of rotatable bonds is 13. The van der Waals surface area contributed by atoms with Crippen molar-refractivity contribution in [2.75, 3.05) is 53.3 Å². The number of amides is 1. The van der Waals surface area contributed by atoms with Crippen molar-refractivity contribution in [3.05, 3.63) is 11.6 Å². The number of aliphatic carboxylic acids is 1. The summed E-state index contributed by atoms with van der Waals surface area (Å²) < 4.78 is 21.3. The van der Waals surface area contributed by atoms with Crippen LogP contribution in [0.4, 0.5) is 0 Å². The number of esters is 1. The fourth-order valence-corrected chi connectivity index (χ4v) is 11.4. The van der Waals surface area contributed by atoms with Gasteiger partial charge in [0.1, 0.15) is 0 Å². The van der Waals surface area contributed by atoms with E-state index in [0.717, 1.165) is 44.9 Å². The molecule has 0 heterocycles. The van der Waals surface area contributed by atoms with Crippen LogP contribution >= 0.6 is 0 Å². The summed E-state index contributed by atoms with van der Waals surface area (Å²) in [6.07, 6.45) is 9.55. The van der Waals surface area contributed by atoms with Crippen LogP contribution in [-0.4, -0.2) is 82.0 Å². The minimum Gasteiger partial charge on any atom is -0.481 e. The van der Waals surface area contributed by atoms with E-state index in [4.69, 9.17) is 18.9 Å². The fraction of sp³-hybridized carbons (Fsp3) is 0.842. The Morgan fingerprint density at radius 2 is 1.52 bits per heavy atom. The van der Waals surface area contributed by atoms with Crippen LogP contribution in [0.2, 0.25) is 0 Å². The maximum atomic E-state index is 14.4. The summed E-state index contributed by atoms with van der Waals surface area (Å²) in [4.78, 5) is 52.3. The van der Waals surface area contributed by atoms with Crippen LogP contribution in [-0.2, 0) is 38.1 Å². The Labute approximate surface area is 286 Å². The zero-order valence-electron chi connectivity index (χ0n) is 30.1. The Morgan fingerprint density at radius 1 is 0.854 bits per heavy atom. The number of carboxylic acids is 1. The van der Waals surface area contributed by atoms with Crippen molar-refractivity contribution in [2.45, 2.75) is 92.4 Å². The standard InChI is InChI=1S/C38H59NO9/c1-35(2)27(34(44)48-23-31(41)39-15-16-46-19-20-47-18-17-45-6)9-13-38(5)30(35)10-14-37(4)26-8-12-36(3)11-7-24(33(42)43)21-28(36)25(26)22-29(40)32(37)38/h22,24,26-28,30,32H,7-21,23H2,1-6H3,(H,39,41)(H,42,43). The average molecular weight is 674 g/mol. The van der Waals surface area contributed by atoms with E-state index >= 15 is 0 Å². The maximum Gasteiger partial charge on any atom is 0.309 e. The van der Waals surface area contributed by atoms with Crippen LogP contribution < -0.4 is 5.32 Å². The lowest BCUT2D eigenvalue weighted by atomic mass is 9.36. The smallest absolute Gasteiger partial charge is 0.309 e. The second kappa shape index (κ2) is 14.5. The molecule has 0 aliphatic heterocycles. The van der Waals surface area contributed by atoms with Crippen LogP contribution in [0.5, 0.6) is 0 Å². The minimum atomic E-state index is -0.710. The molecule has 0 bridgehead atoms. The molecule has 5 rings (SSSR count). The normalized spacial score (nSPS) is 38.4. The highest BCUT2D eigenvalue weighted by atomic mass is 16.5. The van der Waals surface area contributed by atoms with Gasteiger partial charge < -0.3 is 29.4 Å². The highest BCUT2D eigenvalue weighted by Crippen LogP contribution is 2.71. The zero-order chi connectivity index (χ0) is 34.9. The molecule has 0 spiro atoms. The highest BCUT2D eigenvalue weighted by molar-refractivity contribution is 5.95. The average Bonchev–Trinajstić information content (AvgIpc) is 3.01. The molecule has 0 aromatic rings. The molecule has 1 amide bonds. The number of nitrogens with one attached hydrogen (secondary N) is 1. The Morgan fingerprint density at radius 3 is 2.23 bits per heavy atom. The third-order valence-corrected chi connectivity index (χ3v) is 13.8. The number of hydrogen-bond donors (Lipinski definition) is 2. The predicted molar refractivity (Wildman–Crippen MR) is 179 cm³/mol. The van der Waals surface area contributed by atoms with E-state index in [1.807, 2.05) is 6.08 Å². The van der Waals surface area contributed by atoms with Gasteiger partial charge in [-0.15, -0.1) is 0 Å². The molecule has 48 heavy (non-hydrogen) atoms. The number of carbonyl (C=O) groups excluding carboxylic acids is 3. The van der Waals surface area contributed by atoms with Gasteiger partial charge in [0.25, 0.3) is 5.91 Å². The van der Waals surface area contributed by atoms with E-state index < -0.39 is 11.4 Å². The Kier molecular flexibility index (Phi) is 11.2. The summed E-state index contributed by atoms with van der Waals surface area (Å²) in [7, 11) is 1.62. The molecule has 0 radical (unpaired) electrons. The summed E-state index contributed by atoms with van der Waals surface area (Å²) in [5, 5.41) is 12.6. The van der Waals surface area contributed by atoms with Crippen molar-refractivity contribution >= 4 is 23.6 Å². The molecule has 4 fully saturated rings. The van der Waals surface area contributed by atoms with E-state index in [2.05, 4.69) is 39.9 Å². The van der Waals surface area contributed by atoms with Crippen LogP contribution in [0.1, 0.15) is 92.4 Å². The van der Waals surface area contributed by atoms with Crippen molar-refractivity contribution < 1.29 is 43.2 Å². The first-order chi connectivity index (χ1) is 22.7. The van der Waals surface area contributed by atoms with E-state index in [9.17, 15) is 24.3 Å². The van der Waals surface area contributed by atoms with Crippen molar-refractivity contribution in [2.24, 2.45) is 57.2 Å². The SMILES string of the molecule is COCCOCCOCCNC(=O)COC(=O)C1CCC2(C)C(CCC3(C)C4CCC5(C)CCC(C(=O)O)CC5C4=CC(=O)C32)C1(C)C. The molecular formula is C38H59NO9. The predicted octanol–water partition coefficient (Wildman–Crippen LogP) is 5.23. The maximum absolute atomic E-state index is 14.4. The Hall–Kier alpha value is -2.30. The molecule has 9 unspecified atom stereocenters. The number of fused-ring (bicyclic) bond motifs is 7. The quantitative estimate of drug-likeness (QED) is 0.199. The van der Waals surface area contributed by atoms with Gasteiger partial charge in [-0.2, -0.15) is 0 Å². The van der Waals surface area contributed by atoms with Crippen molar-refractivity contribution in [3.8, 4) is 0 Å². The van der Waals surface area contributed by atoms with E-state index in [-0.39, 0.29) is 76.0 Å². The van der Waals surface area contributed by atoms with E-state index in [1.165, 1.54) is 5.57 Å². The lowest BCUT2D eigenvalue weighted by Crippen LogP contribution is -2.63. The van der Waals surface area contributed by atoms with Crippen molar-refractivity contribution in [1.29, 1.82) is 0 Å². The number of ketones is 1. The largest absolute Gasteiger partial charge is 0.481 e. The van der Waals surface area contributed by atoms with Crippen molar-refractivity contribution in [1.82, 2.24) is 5.32 Å². The first-order valence-electron chi connectivity index (χ1n) is 18.2. The molecule has 0 saturated heterocycles. The third kappa shape index (κ3) is 6.87. The molecule has 5 aliphatic carbocycles. The summed E-state index contributed by atoms with van der Waals surface area (Å²) in [5.74, 6) is -1.46.